The average Bonchev–Trinajstić information content (AvgIpc) is 3.03. The van der Waals surface area contributed by atoms with E-state index in [1.807, 2.05) is 0 Å². The number of anilines is 1. The van der Waals surface area contributed by atoms with Crippen LogP contribution < -0.4 is 4.90 Å². The summed E-state index contributed by atoms with van der Waals surface area (Å²) in [5, 5.41) is 10.4. The number of hydrogen-bond acceptors (Lipinski definition) is 4. The first kappa shape index (κ1) is 18.5. The molecule has 1 N–H and O–H groups in total. The van der Waals surface area contributed by atoms with Crippen molar-refractivity contribution in [1.82, 2.24) is 9.97 Å². The molecule has 28 heavy (non-hydrogen) atoms. The fourth-order valence-corrected chi connectivity index (χ4v) is 3.55. The minimum atomic E-state index is -4.50. The van der Waals surface area contributed by atoms with Gasteiger partial charge in [0.25, 0.3) is 0 Å². The molecule has 146 valence electrons. The van der Waals surface area contributed by atoms with E-state index in [0.29, 0.717) is 5.56 Å². The standard InChI is InChI=1S/C19H14F5N3O/c20-14-6-13-16(7-15(14)21)25-9-26-18(13)27-8-12(28)5-17(27)10-2-1-3-11(4-10)19(22,23)24/h1-4,6-7,9,12,17,28H,5,8H2. The predicted molar refractivity (Wildman–Crippen MR) is 91.6 cm³/mol. The number of alkyl halides is 3. The molecular weight excluding hydrogens is 381 g/mol. The molecule has 0 radical (unpaired) electrons. The number of benzene rings is 2. The Bertz CT molecular complexity index is 1040. The predicted octanol–water partition coefficient (Wildman–Crippen LogP) is 4.24. The maximum Gasteiger partial charge on any atom is 0.416 e. The van der Waals surface area contributed by atoms with Gasteiger partial charge in [-0.25, -0.2) is 18.7 Å². The SMILES string of the molecule is OC1CC(c2cccc(C(F)(F)F)c2)N(c2ncnc3cc(F)c(F)cc23)C1. The van der Waals surface area contributed by atoms with Crippen LogP contribution in [-0.4, -0.2) is 27.7 Å². The number of aliphatic hydroxyl groups excluding tert-OH is 1. The van der Waals surface area contributed by atoms with Crippen molar-refractivity contribution in [2.45, 2.75) is 24.7 Å². The second kappa shape index (κ2) is 6.66. The first-order chi connectivity index (χ1) is 13.2. The Hall–Kier alpha value is -2.81. The van der Waals surface area contributed by atoms with Gasteiger partial charge in [-0.1, -0.05) is 12.1 Å². The van der Waals surface area contributed by atoms with Gasteiger partial charge < -0.3 is 10.0 Å². The van der Waals surface area contributed by atoms with Gasteiger partial charge in [-0.15, -0.1) is 0 Å². The van der Waals surface area contributed by atoms with Crippen LogP contribution in [0, 0.1) is 11.6 Å². The minimum Gasteiger partial charge on any atom is -0.391 e. The van der Waals surface area contributed by atoms with Crippen molar-refractivity contribution in [3.63, 3.8) is 0 Å². The van der Waals surface area contributed by atoms with Gasteiger partial charge in [0.1, 0.15) is 12.1 Å². The van der Waals surface area contributed by atoms with E-state index in [4.69, 9.17) is 0 Å². The van der Waals surface area contributed by atoms with E-state index in [9.17, 15) is 27.1 Å². The van der Waals surface area contributed by atoms with E-state index >= 15 is 0 Å². The van der Waals surface area contributed by atoms with Gasteiger partial charge in [0.15, 0.2) is 11.6 Å². The lowest BCUT2D eigenvalue weighted by Crippen LogP contribution is -2.26. The molecule has 2 heterocycles. The zero-order valence-electron chi connectivity index (χ0n) is 14.3. The number of halogens is 5. The molecular formula is C19H14F5N3O. The summed E-state index contributed by atoms with van der Waals surface area (Å²) >= 11 is 0. The lowest BCUT2D eigenvalue weighted by Gasteiger charge is -2.27. The normalized spacial score (nSPS) is 20.1. The van der Waals surface area contributed by atoms with Crippen molar-refractivity contribution in [3.8, 4) is 0 Å². The molecule has 3 aromatic rings. The molecule has 1 aliphatic rings. The third kappa shape index (κ3) is 3.26. The number of nitrogens with zero attached hydrogens (tertiary/aromatic N) is 3. The molecule has 0 spiro atoms. The van der Waals surface area contributed by atoms with Crippen LogP contribution in [0.1, 0.15) is 23.6 Å². The van der Waals surface area contributed by atoms with Crippen LogP contribution in [0.15, 0.2) is 42.7 Å². The lowest BCUT2D eigenvalue weighted by molar-refractivity contribution is -0.137. The van der Waals surface area contributed by atoms with E-state index in [2.05, 4.69) is 9.97 Å². The van der Waals surface area contributed by atoms with Gasteiger partial charge in [0.05, 0.1) is 23.2 Å². The van der Waals surface area contributed by atoms with E-state index in [1.165, 1.54) is 18.5 Å². The quantitative estimate of drug-likeness (QED) is 0.660. The van der Waals surface area contributed by atoms with Gasteiger partial charge in [0.2, 0.25) is 0 Å². The van der Waals surface area contributed by atoms with Crippen LogP contribution >= 0.6 is 0 Å². The van der Waals surface area contributed by atoms with E-state index in [-0.39, 0.29) is 29.7 Å². The summed E-state index contributed by atoms with van der Waals surface area (Å²) in [7, 11) is 0. The average molecular weight is 395 g/mol. The molecule has 4 rings (SSSR count). The second-order valence-corrected chi connectivity index (χ2v) is 6.66. The molecule has 1 aromatic heterocycles. The zero-order chi connectivity index (χ0) is 20.1. The molecule has 0 amide bonds. The molecule has 2 atom stereocenters. The van der Waals surface area contributed by atoms with Gasteiger partial charge in [-0.05, 0) is 30.2 Å². The van der Waals surface area contributed by atoms with Gasteiger partial charge in [0, 0.05) is 18.0 Å². The summed E-state index contributed by atoms with van der Waals surface area (Å²) in [5.74, 6) is -1.92. The highest BCUT2D eigenvalue weighted by Gasteiger charge is 2.36. The monoisotopic (exact) mass is 395 g/mol. The third-order valence-electron chi connectivity index (χ3n) is 4.81. The molecule has 1 saturated heterocycles. The summed E-state index contributed by atoms with van der Waals surface area (Å²) in [6.45, 7) is 0.0893. The summed E-state index contributed by atoms with van der Waals surface area (Å²) in [6, 6.07) is 6.11. The maximum absolute atomic E-state index is 13.8. The van der Waals surface area contributed by atoms with Crippen molar-refractivity contribution in [3.05, 3.63) is 65.5 Å². The van der Waals surface area contributed by atoms with Crippen molar-refractivity contribution in [2.24, 2.45) is 0 Å². The first-order valence-electron chi connectivity index (χ1n) is 8.45. The zero-order valence-corrected chi connectivity index (χ0v) is 14.3. The minimum absolute atomic E-state index is 0.0893. The smallest absolute Gasteiger partial charge is 0.391 e. The number of β-amino-alcohol motifs (C(OH)–C–C–N with tert-alkyl or cyclic N) is 1. The molecule has 9 heteroatoms. The Kier molecular flexibility index (Phi) is 4.41. The largest absolute Gasteiger partial charge is 0.416 e. The fourth-order valence-electron chi connectivity index (χ4n) is 3.55. The number of aliphatic hydroxyl groups is 1. The highest BCUT2D eigenvalue weighted by atomic mass is 19.4. The molecule has 0 aliphatic carbocycles. The second-order valence-electron chi connectivity index (χ2n) is 6.66. The van der Waals surface area contributed by atoms with E-state index < -0.39 is 35.5 Å². The van der Waals surface area contributed by atoms with Crippen LogP contribution in [0.4, 0.5) is 27.8 Å². The Labute approximate surface area is 156 Å². The number of hydrogen-bond donors (Lipinski definition) is 1. The first-order valence-corrected chi connectivity index (χ1v) is 8.45. The number of rotatable bonds is 2. The van der Waals surface area contributed by atoms with Crippen LogP contribution in [0.5, 0.6) is 0 Å². The topological polar surface area (TPSA) is 49.2 Å². The van der Waals surface area contributed by atoms with Crippen LogP contribution in [0.2, 0.25) is 0 Å². The summed E-state index contributed by atoms with van der Waals surface area (Å²) in [5.41, 5.74) is -0.291. The van der Waals surface area contributed by atoms with Crippen molar-refractivity contribution in [2.75, 3.05) is 11.4 Å². The summed E-state index contributed by atoms with van der Waals surface area (Å²) < 4.78 is 66.5. The lowest BCUT2D eigenvalue weighted by atomic mass is 10.0. The van der Waals surface area contributed by atoms with Gasteiger partial charge >= 0.3 is 6.18 Å². The van der Waals surface area contributed by atoms with Crippen molar-refractivity contribution in [1.29, 1.82) is 0 Å². The Balaban J connectivity index is 1.82. The molecule has 2 unspecified atom stereocenters. The van der Waals surface area contributed by atoms with Gasteiger partial charge in [-0.2, -0.15) is 13.2 Å². The number of fused-ring (bicyclic) bond motifs is 1. The van der Waals surface area contributed by atoms with Crippen LogP contribution in [-0.2, 0) is 6.18 Å². The third-order valence-corrected chi connectivity index (χ3v) is 4.81. The molecule has 4 nitrogen and oxygen atoms in total. The molecule has 1 aliphatic heterocycles. The highest BCUT2D eigenvalue weighted by molar-refractivity contribution is 5.89. The molecule has 1 fully saturated rings. The van der Waals surface area contributed by atoms with Crippen molar-refractivity contribution >= 4 is 16.7 Å². The van der Waals surface area contributed by atoms with Crippen LogP contribution in [0.3, 0.4) is 0 Å². The Morgan fingerprint density at radius 3 is 2.54 bits per heavy atom. The highest BCUT2D eigenvalue weighted by Crippen LogP contribution is 2.40. The van der Waals surface area contributed by atoms with E-state index in [0.717, 1.165) is 24.3 Å². The van der Waals surface area contributed by atoms with Gasteiger partial charge in [-0.3, -0.25) is 0 Å². The summed E-state index contributed by atoms with van der Waals surface area (Å²) in [4.78, 5) is 9.65. The Morgan fingerprint density at radius 2 is 1.79 bits per heavy atom. The molecule has 2 aromatic carbocycles. The summed E-state index contributed by atoms with van der Waals surface area (Å²) in [6.07, 6.45) is -3.96. The maximum atomic E-state index is 13.8. The Morgan fingerprint density at radius 1 is 1.04 bits per heavy atom. The van der Waals surface area contributed by atoms with Crippen LogP contribution in [0.25, 0.3) is 10.9 Å². The molecule has 0 bridgehead atoms. The number of aromatic nitrogens is 2. The molecule has 0 saturated carbocycles. The fraction of sp³-hybridized carbons (Fsp3) is 0.263. The van der Waals surface area contributed by atoms with E-state index in [1.54, 1.807) is 4.90 Å². The van der Waals surface area contributed by atoms with Crippen molar-refractivity contribution < 1.29 is 27.1 Å².